The first-order valence-corrected chi connectivity index (χ1v) is 5.41. The lowest BCUT2D eigenvalue weighted by molar-refractivity contribution is -0.384. The highest BCUT2D eigenvalue weighted by Gasteiger charge is 2.11. The van der Waals surface area contributed by atoms with Gasteiger partial charge in [-0.2, -0.15) is 0 Å². The van der Waals surface area contributed by atoms with Gasteiger partial charge in [-0.1, -0.05) is 6.07 Å². The number of hydrogen-bond donors (Lipinski definition) is 2. The van der Waals surface area contributed by atoms with E-state index in [0.717, 1.165) is 11.6 Å². The lowest BCUT2D eigenvalue weighted by Gasteiger charge is -2.08. The van der Waals surface area contributed by atoms with Gasteiger partial charge >= 0.3 is 0 Å². The Morgan fingerprint density at radius 3 is 2.79 bits per heavy atom. The van der Waals surface area contributed by atoms with E-state index in [-0.39, 0.29) is 23.0 Å². The minimum absolute atomic E-state index is 0.00948. The van der Waals surface area contributed by atoms with Crippen LogP contribution in [0.1, 0.15) is 5.56 Å². The number of halogens is 1. The lowest BCUT2D eigenvalue weighted by atomic mass is 10.2. The predicted molar refractivity (Wildman–Crippen MR) is 69.7 cm³/mol. The fourth-order valence-electron chi connectivity index (χ4n) is 1.58. The summed E-state index contributed by atoms with van der Waals surface area (Å²) in [5, 5.41) is 13.4. The van der Waals surface area contributed by atoms with Crippen molar-refractivity contribution in [2.24, 2.45) is 0 Å². The molecule has 3 N–H and O–H groups in total. The molecule has 0 aliphatic carbocycles. The second-order valence-corrected chi connectivity index (χ2v) is 4.00. The Labute approximate surface area is 108 Å². The lowest BCUT2D eigenvalue weighted by Crippen LogP contribution is -2.01. The van der Waals surface area contributed by atoms with Gasteiger partial charge in [0.05, 0.1) is 22.7 Å². The standard InChI is InChI=1S/C12H11FN4O2/c1-7-2-3-9(13)10(4-7)15-12-6-8(17(18)19)5-11(14)16-12/h2-6H,1H3,(H3,14,15,16). The molecule has 1 heterocycles. The van der Waals surface area contributed by atoms with E-state index in [1.54, 1.807) is 19.1 Å². The predicted octanol–water partition coefficient (Wildman–Crippen LogP) is 2.76. The summed E-state index contributed by atoms with van der Waals surface area (Å²) in [5.41, 5.74) is 6.30. The smallest absolute Gasteiger partial charge is 0.276 e. The van der Waals surface area contributed by atoms with Crippen LogP contribution in [0.4, 0.5) is 27.4 Å². The Bertz CT molecular complexity index is 646. The van der Waals surface area contributed by atoms with Crippen LogP contribution < -0.4 is 11.1 Å². The maximum atomic E-state index is 13.6. The normalized spacial score (nSPS) is 10.2. The molecule has 0 aliphatic rings. The summed E-state index contributed by atoms with van der Waals surface area (Å²) in [5.74, 6) is -0.363. The van der Waals surface area contributed by atoms with Crippen molar-refractivity contribution >= 4 is 23.0 Å². The van der Waals surface area contributed by atoms with E-state index < -0.39 is 10.7 Å². The minimum atomic E-state index is -0.587. The molecule has 0 amide bonds. The summed E-state index contributed by atoms with van der Waals surface area (Å²) in [4.78, 5) is 14.0. The topological polar surface area (TPSA) is 94.1 Å². The molecule has 19 heavy (non-hydrogen) atoms. The molecule has 0 spiro atoms. The fraction of sp³-hybridized carbons (Fsp3) is 0.0833. The highest BCUT2D eigenvalue weighted by atomic mass is 19.1. The second-order valence-electron chi connectivity index (χ2n) is 4.00. The van der Waals surface area contributed by atoms with Gasteiger partial charge in [0.15, 0.2) is 0 Å². The number of aryl methyl sites for hydroxylation is 1. The zero-order chi connectivity index (χ0) is 14.0. The van der Waals surface area contributed by atoms with Crippen LogP contribution in [0.5, 0.6) is 0 Å². The van der Waals surface area contributed by atoms with Crippen molar-refractivity contribution in [1.29, 1.82) is 0 Å². The van der Waals surface area contributed by atoms with Crippen molar-refractivity contribution in [2.75, 3.05) is 11.1 Å². The molecule has 0 unspecified atom stereocenters. The summed E-state index contributed by atoms with van der Waals surface area (Å²) in [7, 11) is 0. The van der Waals surface area contributed by atoms with Crippen LogP contribution in [0, 0.1) is 22.9 Å². The molecule has 1 aromatic heterocycles. The molecule has 0 fully saturated rings. The van der Waals surface area contributed by atoms with Gasteiger partial charge in [-0.05, 0) is 24.6 Å². The molecule has 0 saturated heterocycles. The van der Waals surface area contributed by atoms with E-state index >= 15 is 0 Å². The van der Waals surface area contributed by atoms with E-state index in [4.69, 9.17) is 5.73 Å². The van der Waals surface area contributed by atoms with Gasteiger partial charge in [-0.15, -0.1) is 0 Å². The molecule has 0 bridgehead atoms. The number of rotatable bonds is 3. The quantitative estimate of drug-likeness (QED) is 0.655. The number of benzene rings is 1. The van der Waals surface area contributed by atoms with Gasteiger partial charge in [0.1, 0.15) is 17.5 Å². The average Bonchev–Trinajstić information content (AvgIpc) is 2.33. The van der Waals surface area contributed by atoms with E-state index in [1.165, 1.54) is 12.1 Å². The molecular formula is C12H11FN4O2. The number of nitrogen functional groups attached to an aromatic ring is 1. The highest BCUT2D eigenvalue weighted by molar-refractivity contribution is 5.62. The van der Waals surface area contributed by atoms with Crippen molar-refractivity contribution < 1.29 is 9.31 Å². The summed E-state index contributed by atoms with van der Waals surface area (Å²) in [6.07, 6.45) is 0. The highest BCUT2D eigenvalue weighted by Crippen LogP contribution is 2.24. The number of nitrogens with two attached hydrogens (primary N) is 1. The summed E-state index contributed by atoms with van der Waals surface area (Å²) in [6, 6.07) is 6.83. The molecule has 2 rings (SSSR count). The van der Waals surface area contributed by atoms with Crippen LogP contribution in [-0.2, 0) is 0 Å². The van der Waals surface area contributed by atoms with Gasteiger partial charge in [0.2, 0.25) is 0 Å². The van der Waals surface area contributed by atoms with Crippen LogP contribution in [0.2, 0.25) is 0 Å². The molecule has 6 nitrogen and oxygen atoms in total. The largest absolute Gasteiger partial charge is 0.383 e. The molecule has 0 atom stereocenters. The van der Waals surface area contributed by atoms with E-state index in [1.807, 2.05) is 0 Å². The zero-order valence-corrected chi connectivity index (χ0v) is 10.1. The Kier molecular flexibility index (Phi) is 3.28. The number of pyridine rings is 1. The summed E-state index contributed by atoms with van der Waals surface area (Å²) < 4.78 is 13.6. The van der Waals surface area contributed by atoms with Gasteiger partial charge in [-0.25, -0.2) is 9.37 Å². The second kappa shape index (κ2) is 4.89. The van der Waals surface area contributed by atoms with Crippen LogP contribution in [0.3, 0.4) is 0 Å². The van der Waals surface area contributed by atoms with Gasteiger partial charge in [0, 0.05) is 0 Å². The number of aromatic nitrogens is 1. The van der Waals surface area contributed by atoms with Crippen molar-refractivity contribution in [2.45, 2.75) is 6.92 Å². The Balaban J connectivity index is 2.38. The molecule has 0 aliphatic heterocycles. The monoisotopic (exact) mass is 262 g/mol. The van der Waals surface area contributed by atoms with E-state index in [0.29, 0.717) is 0 Å². The first-order valence-electron chi connectivity index (χ1n) is 5.41. The third-order valence-electron chi connectivity index (χ3n) is 2.43. The fourth-order valence-corrected chi connectivity index (χ4v) is 1.58. The van der Waals surface area contributed by atoms with Crippen molar-refractivity contribution in [1.82, 2.24) is 4.98 Å². The number of hydrogen-bond acceptors (Lipinski definition) is 5. The van der Waals surface area contributed by atoms with Crippen LogP contribution in [-0.4, -0.2) is 9.91 Å². The van der Waals surface area contributed by atoms with Crippen LogP contribution in [0.15, 0.2) is 30.3 Å². The summed E-state index contributed by atoms with van der Waals surface area (Å²) >= 11 is 0. The molecule has 2 aromatic rings. The van der Waals surface area contributed by atoms with Crippen LogP contribution >= 0.6 is 0 Å². The van der Waals surface area contributed by atoms with Crippen molar-refractivity contribution in [3.05, 3.63) is 51.8 Å². The van der Waals surface area contributed by atoms with Gasteiger partial charge in [0.25, 0.3) is 5.69 Å². The number of nitrogens with one attached hydrogen (secondary N) is 1. The number of anilines is 3. The third kappa shape index (κ3) is 2.95. The molecule has 7 heteroatoms. The Morgan fingerprint density at radius 2 is 2.11 bits per heavy atom. The Hall–Kier alpha value is -2.70. The zero-order valence-electron chi connectivity index (χ0n) is 10.1. The third-order valence-corrected chi connectivity index (χ3v) is 2.43. The molecule has 0 radical (unpaired) electrons. The van der Waals surface area contributed by atoms with Crippen LogP contribution in [0.25, 0.3) is 0 Å². The molecule has 0 saturated carbocycles. The van der Waals surface area contributed by atoms with Crippen molar-refractivity contribution in [3.8, 4) is 0 Å². The molecule has 98 valence electrons. The van der Waals surface area contributed by atoms with Crippen molar-refractivity contribution in [3.63, 3.8) is 0 Å². The van der Waals surface area contributed by atoms with E-state index in [2.05, 4.69) is 10.3 Å². The minimum Gasteiger partial charge on any atom is -0.383 e. The first-order chi connectivity index (χ1) is 8.95. The maximum Gasteiger partial charge on any atom is 0.276 e. The van der Waals surface area contributed by atoms with Gasteiger partial charge < -0.3 is 11.1 Å². The number of nitrogens with zero attached hydrogens (tertiary/aromatic N) is 2. The van der Waals surface area contributed by atoms with E-state index in [9.17, 15) is 14.5 Å². The Morgan fingerprint density at radius 1 is 1.37 bits per heavy atom. The molecule has 1 aromatic carbocycles. The average molecular weight is 262 g/mol. The van der Waals surface area contributed by atoms with Gasteiger partial charge in [-0.3, -0.25) is 10.1 Å². The number of nitro groups is 1. The summed E-state index contributed by atoms with van der Waals surface area (Å²) in [6.45, 7) is 1.81. The maximum absolute atomic E-state index is 13.6. The molecular weight excluding hydrogens is 251 g/mol. The first kappa shape index (κ1) is 12.7. The SMILES string of the molecule is Cc1ccc(F)c(Nc2cc([N+](=O)[O-])cc(N)n2)c1.